The Morgan fingerprint density at radius 3 is 3.15 bits per heavy atom. The van der Waals surface area contributed by atoms with Crippen LogP contribution < -0.4 is 10.6 Å². The molecule has 0 radical (unpaired) electrons. The van der Waals surface area contributed by atoms with E-state index in [-0.39, 0.29) is 0 Å². The van der Waals surface area contributed by atoms with Crippen molar-refractivity contribution in [2.75, 3.05) is 18.4 Å². The van der Waals surface area contributed by atoms with Gasteiger partial charge in [-0.15, -0.1) is 17.8 Å². The zero-order valence-electron chi connectivity index (χ0n) is 10.9. The van der Waals surface area contributed by atoms with E-state index in [2.05, 4.69) is 20.6 Å². The minimum Gasteiger partial charge on any atom is -0.368 e. The molecule has 1 aliphatic rings. The number of carbonyl (C=O) groups excluding carboxylic acids is 1. The highest BCUT2D eigenvalue weighted by molar-refractivity contribution is 7.19. The molecule has 2 aromatic rings. The second-order valence-corrected chi connectivity index (χ2v) is 5.67. The van der Waals surface area contributed by atoms with Gasteiger partial charge in [-0.05, 0) is 30.7 Å². The Kier molecular flexibility index (Phi) is 3.52. The molecule has 2 aromatic heterocycles. The van der Waals surface area contributed by atoms with Gasteiger partial charge in [-0.25, -0.2) is 9.97 Å². The van der Waals surface area contributed by atoms with E-state index < -0.39 is 5.91 Å². The number of carbonyl (C=O) groups is 1. The fourth-order valence-electron chi connectivity index (χ4n) is 2.47. The maximum absolute atomic E-state index is 10.9. The standard InChI is InChI=1S/C14H14N4OS/c1-2-11(19)15-6-7-16-13-12-9-4-3-5-10(9)20-14(12)18-8-17-13/h1,8H,3-7H2,(H,15,19)(H,16,17,18). The van der Waals surface area contributed by atoms with E-state index in [1.165, 1.54) is 16.9 Å². The lowest BCUT2D eigenvalue weighted by molar-refractivity contribution is -0.115. The zero-order valence-corrected chi connectivity index (χ0v) is 11.7. The van der Waals surface area contributed by atoms with Crippen LogP contribution in [0, 0.1) is 12.3 Å². The number of hydrogen-bond donors (Lipinski definition) is 2. The Labute approximate surface area is 120 Å². The molecule has 0 saturated carbocycles. The van der Waals surface area contributed by atoms with Gasteiger partial charge >= 0.3 is 0 Å². The molecular weight excluding hydrogens is 272 g/mol. The predicted molar refractivity (Wildman–Crippen MR) is 79.8 cm³/mol. The first kappa shape index (κ1) is 12.9. The maximum atomic E-state index is 10.9. The van der Waals surface area contributed by atoms with Crippen LogP contribution >= 0.6 is 11.3 Å². The van der Waals surface area contributed by atoms with E-state index in [1.807, 2.05) is 5.92 Å². The van der Waals surface area contributed by atoms with Gasteiger partial charge in [0.15, 0.2) is 0 Å². The van der Waals surface area contributed by atoms with Crippen molar-refractivity contribution in [3.63, 3.8) is 0 Å². The number of rotatable bonds is 4. The minimum absolute atomic E-state index is 0.393. The molecule has 5 nitrogen and oxygen atoms in total. The minimum atomic E-state index is -0.393. The molecular formula is C14H14N4OS. The van der Waals surface area contributed by atoms with E-state index in [9.17, 15) is 4.79 Å². The Bertz CT molecular complexity index is 701. The van der Waals surface area contributed by atoms with Crippen molar-refractivity contribution in [3.05, 3.63) is 16.8 Å². The number of aromatic nitrogens is 2. The molecule has 0 aromatic carbocycles. The molecule has 0 atom stereocenters. The van der Waals surface area contributed by atoms with Gasteiger partial charge in [0, 0.05) is 18.0 Å². The molecule has 6 heteroatoms. The van der Waals surface area contributed by atoms with Crippen LogP contribution in [0.25, 0.3) is 10.2 Å². The van der Waals surface area contributed by atoms with E-state index in [0.29, 0.717) is 13.1 Å². The van der Waals surface area contributed by atoms with Crippen molar-refractivity contribution >= 4 is 33.3 Å². The third-order valence-electron chi connectivity index (χ3n) is 3.34. The number of hydrogen-bond acceptors (Lipinski definition) is 5. The lowest BCUT2D eigenvalue weighted by Gasteiger charge is -2.07. The van der Waals surface area contributed by atoms with E-state index in [4.69, 9.17) is 6.42 Å². The van der Waals surface area contributed by atoms with Gasteiger partial charge in [-0.3, -0.25) is 4.79 Å². The SMILES string of the molecule is C#CC(=O)NCCNc1ncnc2sc3c(c12)CCC3. The van der Waals surface area contributed by atoms with Crippen molar-refractivity contribution in [1.29, 1.82) is 0 Å². The van der Waals surface area contributed by atoms with Crippen LogP contribution in [0.2, 0.25) is 0 Å². The number of fused-ring (bicyclic) bond motifs is 3. The molecule has 2 heterocycles. The van der Waals surface area contributed by atoms with E-state index in [1.54, 1.807) is 17.7 Å². The first-order chi connectivity index (χ1) is 9.79. The summed E-state index contributed by atoms with van der Waals surface area (Å²) in [5.41, 5.74) is 1.39. The van der Waals surface area contributed by atoms with Crippen molar-refractivity contribution in [2.45, 2.75) is 19.3 Å². The number of anilines is 1. The van der Waals surface area contributed by atoms with Crippen LogP contribution in [0.15, 0.2) is 6.33 Å². The average molecular weight is 286 g/mol. The first-order valence-corrected chi connectivity index (χ1v) is 7.35. The second-order valence-electron chi connectivity index (χ2n) is 4.59. The second kappa shape index (κ2) is 5.47. The highest BCUT2D eigenvalue weighted by atomic mass is 32.1. The van der Waals surface area contributed by atoms with Gasteiger partial charge in [-0.2, -0.15) is 0 Å². The van der Waals surface area contributed by atoms with Crippen molar-refractivity contribution < 1.29 is 4.79 Å². The normalized spacial score (nSPS) is 12.9. The average Bonchev–Trinajstić information content (AvgIpc) is 3.03. The largest absolute Gasteiger partial charge is 0.368 e. The number of thiophene rings is 1. The molecule has 0 unspecified atom stereocenters. The number of aryl methyl sites for hydroxylation is 2. The smallest absolute Gasteiger partial charge is 0.295 e. The molecule has 1 aliphatic carbocycles. The summed E-state index contributed by atoms with van der Waals surface area (Å²) in [4.78, 5) is 22.1. The van der Waals surface area contributed by atoms with Gasteiger partial charge in [0.05, 0.1) is 5.39 Å². The zero-order chi connectivity index (χ0) is 13.9. The third kappa shape index (κ3) is 2.32. The molecule has 1 amide bonds. The molecule has 102 valence electrons. The van der Waals surface area contributed by atoms with Gasteiger partial charge < -0.3 is 10.6 Å². The highest BCUT2D eigenvalue weighted by Gasteiger charge is 2.20. The van der Waals surface area contributed by atoms with Crippen LogP contribution in [0.4, 0.5) is 5.82 Å². The summed E-state index contributed by atoms with van der Waals surface area (Å²) < 4.78 is 0. The van der Waals surface area contributed by atoms with E-state index >= 15 is 0 Å². The third-order valence-corrected chi connectivity index (χ3v) is 4.54. The molecule has 0 fully saturated rings. The summed E-state index contributed by atoms with van der Waals surface area (Å²) in [7, 11) is 0. The first-order valence-electron chi connectivity index (χ1n) is 6.53. The van der Waals surface area contributed by atoms with Gasteiger partial charge in [-0.1, -0.05) is 0 Å². The molecule has 2 N–H and O–H groups in total. The van der Waals surface area contributed by atoms with Gasteiger partial charge in [0.1, 0.15) is 17.0 Å². The van der Waals surface area contributed by atoms with Crippen LogP contribution in [0.5, 0.6) is 0 Å². The maximum Gasteiger partial charge on any atom is 0.295 e. The van der Waals surface area contributed by atoms with Gasteiger partial charge in [0.25, 0.3) is 5.91 Å². The summed E-state index contributed by atoms with van der Waals surface area (Å²) in [6.07, 6.45) is 10.0. The highest BCUT2D eigenvalue weighted by Crippen LogP contribution is 2.38. The molecule has 20 heavy (non-hydrogen) atoms. The summed E-state index contributed by atoms with van der Waals surface area (Å²) in [6, 6.07) is 0. The van der Waals surface area contributed by atoms with Crippen molar-refractivity contribution in [1.82, 2.24) is 15.3 Å². The Hall–Kier alpha value is -2.13. The van der Waals surface area contributed by atoms with Crippen LogP contribution in [-0.2, 0) is 17.6 Å². The van der Waals surface area contributed by atoms with Crippen LogP contribution in [0.1, 0.15) is 16.9 Å². The number of terminal acetylenes is 1. The summed E-state index contributed by atoms with van der Waals surface area (Å²) >= 11 is 1.76. The molecule has 0 aliphatic heterocycles. The topological polar surface area (TPSA) is 66.9 Å². The molecule has 0 spiro atoms. The van der Waals surface area contributed by atoms with Crippen LogP contribution in [0.3, 0.4) is 0 Å². The number of nitrogens with one attached hydrogen (secondary N) is 2. The van der Waals surface area contributed by atoms with E-state index in [0.717, 1.165) is 28.9 Å². The summed E-state index contributed by atoms with van der Waals surface area (Å²) in [6.45, 7) is 1.06. The molecule has 3 rings (SSSR count). The van der Waals surface area contributed by atoms with Crippen molar-refractivity contribution in [3.8, 4) is 12.3 Å². The molecule has 0 saturated heterocycles. The number of nitrogens with zero attached hydrogens (tertiary/aromatic N) is 2. The lowest BCUT2D eigenvalue weighted by Crippen LogP contribution is -2.27. The van der Waals surface area contributed by atoms with Gasteiger partial charge in [0.2, 0.25) is 0 Å². The Balaban J connectivity index is 1.75. The monoisotopic (exact) mass is 286 g/mol. The fourth-order valence-corrected chi connectivity index (χ4v) is 3.70. The Morgan fingerprint density at radius 2 is 2.30 bits per heavy atom. The fraction of sp³-hybridized carbons (Fsp3) is 0.357. The number of amides is 1. The predicted octanol–water partition coefficient (Wildman–Crippen LogP) is 1.34. The Morgan fingerprint density at radius 1 is 1.40 bits per heavy atom. The summed E-state index contributed by atoms with van der Waals surface area (Å²) in [5.74, 6) is 2.48. The van der Waals surface area contributed by atoms with Crippen LogP contribution in [-0.4, -0.2) is 29.0 Å². The quantitative estimate of drug-likeness (QED) is 0.657. The summed E-state index contributed by atoms with van der Waals surface area (Å²) in [5, 5.41) is 7.02. The van der Waals surface area contributed by atoms with Crippen molar-refractivity contribution in [2.24, 2.45) is 0 Å². The lowest BCUT2D eigenvalue weighted by atomic mass is 10.2. The molecule has 0 bridgehead atoms.